The number of alkyl halides is 4. The van der Waals surface area contributed by atoms with Gasteiger partial charge in [0.25, 0.3) is 5.67 Å². The number of rotatable bonds is 7. The largest absolute Gasteiger partial charge is 0.495 e. The quantitative estimate of drug-likeness (QED) is 0.253. The van der Waals surface area contributed by atoms with Crippen LogP contribution in [0.2, 0.25) is 5.02 Å². The Kier molecular flexibility index (Phi) is 7.86. The van der Waals surface area contributed by atoms with Gasteiger partial charge in [0.1, 0.15) is 18.0 Å². The molecule has 0 aliphatic carbocycles. The van der Waals surface area contributed by atoms with E-state index in [1.54, 1.807) is 25.1 Å². The standard InChI is InChI=1S/C26H23ClF4N4O4/c1-4-25(28,26(29,30)31)24-34-33-23-19(12-20(36)38-5-2)39-22(15-7-6-8-18(37-3)21(15)27)16-11-14(13-32)9-10-17(16)35(23)24/h6-11,19,22H,4-5,12H2,1-3H3/t19-,22-,25?/m1/s1. The summed E-state index contributed by atoms with van der Waals surface area (Å²) in [5.74, 6) is -1.72. The smallest absolute Gasteiger partial charge is 0.429 e. The van der Waals surface area contributed by atoms with Crippen LogP contribution in [0.5, 0.6) is 5.75 Å². The Morgan fingerprint density at radius 1 is 1.18 bits per heavy atom. The van der Waals surface area contributed by atoms with Crippen LogP contribution in [-0.2, 0) is 19.9 Å². The molecule has 1 unspecified atom stereocenters. The Morgan fingerprint density at radius 3 is 2.54 bits per heavy atom. The highest BCUT2D eigenvalue weighted by molar-refractivity contribution is 6.32. The first kappa shape index (κ1) is 28.3. The van der Waals surface area contributed by atoms with Crippen LogP contribution in [0, 0.1) is 11.3 Å². The molecule has 3 aromatic rings. The second-order valence-corrected chi connectivity index (χ2v) is 9.01. The third-order valence-corrected chi connectivity index (χ3v) is 6.80. The SMILES string of the molecule is CCOC(=O)C[C@H]1O[C@H](c2cccc(OC)c2Cl)c2cc(C#N)ccc2-n2c1nnc2C(F)(CC)C(F)(F)F. The normalized spacial score (nSPS) is 18.2. The first-order valence-electron chi connectivity index (χ1n) is 11.9. The van der Waals surface area contributed by atoms with Crippen molar-refractivity contribution in [2.45, 2.75) is 50.7 Å². The summed E-state index contributed by atoms with van der Waals surface area (Å²) in [5, 5.41) is 17.2. The van der Waals surface area contributed by atoms with E-state index in [1.165, 1.54) is 25.3 Å². The zero-order chi connectivity index (χ0) is 28.5. The number of nitrogens with zero attached hydrogens (tertiary/aromatic N) is 4. The predicted octanol–water partition coefficient (Wildman–Crippen LogP) is 6.05. The molecule has 8 nitrogen and oxygen atoms in total. The van der Waals surface area contributed by atoms with Gasteiger partial charge in [0.2, 0.25) is 0 Å². The van der Waals surface area contributed by atoms with Crippen molar-refractivity contribution in [1.82, 2.24) is 14.8 Å². The molecule has 206 valence electrons. The fourth-order valence-corrected chi connectivity index (χ4v) is 4.76. The molecular weight excluding hydrogens is 544 g/mol. The van der Waals surface area contributed by atoms with Gasteiger partial charge in [-0.25, -0.2) is 4.39 Å². The molecule has 0 saturated carbocycles. The topological polar surface area (TPSA) is 99.3 Å². The van der Waals surface area contributed by atoms with Gasteiger partial charge in [-0.3, -0.25) is 9.36 Å². The molecular formula is C26H23ClF4N4O4. The molecule has 0 amide bonds. The van der Waals surface area contributed by atoms with Crippen LogP contribution in [0.25, 0.3) is 5.69 Å². The molecule has 3 atom stereocenters. The van der Waals surface area contributed by atoms with E-state index in [1.807, 2.05) is 6.07 Å². The van der Waals surface area contributed by atoms with E-state index in [9.17, 15) is 23.2 Å². The summed E-state index contributed by atoms with van der Waals surface area (Å²) in [6, 6.07) is 10.9. The van der Waals surface area contributed by atoms with Crippen LogP contribution in [0.1, 0.15) is 67.2 Å². The molecule has 0 N–H and O–H groups in total. The summed E-state index contributed by atoms with van der Waals surface area (Å²) in [6.07, 6.45) is -9.26. The Bertz CT molecular complexity index is 1440. The van der Waals surface area contributed by atoms with Crippen molar-refractivity contribution in [3.05, 3.63) is 69.8 Å². The monoisotopic (exact) mass is 566 g/mol. The minimum absolute atomic E-state index is 0.0268. The van der Waals surface area contributed by atoms with E-state index >= 15 is 4.39 Å². The number of hydrogen-bond donors (Lipinski definition) is 0. The number of halogens is 5. The van der Waals surface area contributed by atoms with Crippen molar-refractivity contribution >= 4 is 17.6 Å². The molecule has 0 bridgehead atoms. The first-order valence-corrected chi connectivity index (χ1v) is 12.3. The number of aromatic nitrogens is 3. The summed E-state index contributed by atoms with van der Waals surface area (Å²) >= 11 is 6.61. The van der Waals surface area contributed by atoms with E-state index < -0.39 is 48.7 Å². The maximum Gasteiger partial charge on any atom is 0.429 e. The zero-order valence-electron chi connectivity index (χ0n) is 21.1. The number of carbonyl (C=O) groups is 1. The Hall–Kier alpha value is -3.69. The van der Waals surface area contributed by atoms with Crippen LogP contribution in [0.3, 0.4) is 0 Å². The molecule has 4 rings (SSSR count). The molecule has 1 aromatic heterocycles. The highest BCUT2D eigenvalue weighted by Gasteiger charge is 2.60. The van der Waals surface area contributed by atoms with Crippen molar-refractivity contribution in [3.63, 3.8) is 0 Å². The fourth-order valence-electron chi connectivity index (χ4n) is 4.46. The third kappa shape index (κ3) is 4.92. The van der Waals surface area contributed by atoms with E-state index in [0.29, 0.717) is 5.56 Å². The lowest BCUT2D eigenvalue weighted by atomic mass is 9.96. The van der Waals surface area contributed by atoms with Crippen molar-refractivity contribution in [2.24, 2.45) is 0 Å². The third-order valence-electron chi connectivity index (χ3n) is 6.40. The Labute approximate surface area is 226 Å². The average molecular weight is 567 g/mol. The molecule has 0 spiro atoms. The molecule has 0 saturated heterocycles. The highest BCUT2D eigenvalue weighted by Crippen LogP contribution is 2.49. The minimum Gasteiger partial charge on any atom is -0.495 e. The van der Waals surface area contributed by atoms with Crippen molar-refractivity contribution in [1.29, 1.82) is 5.26 Å². The second-order valence-electron chi connectivity index (χ2n) is 8.63. The van der Waals surface area contributed by atoms with Crippen LogP contribution >= 0.6 is 11.6 Å². The van der Waals surface area contributed by atoms with E-state index in [0.717, 1.165) is 11.5 Å². The number of nitriles is 1. The summed E-state index contributed by atoms with van der Waals surface area (Å²) in [7, 11) is 1.40. The van der Waals surface area contributed by atoms with Gasteiger partial charge in [-0.1, -0.05) is 30.7 Å². The number of carbonyl (C=O) groups excluding carboxylic acids is 1. The number of hydrogen-bond acceptors (Lipinski definition) is 7. The number of benzene rings is 2. The van der Waals surface area contributed by atoms with Crippen molar-refractivity contribution < 1.29 is 36.6 Å². The minimum atomic E-state index is -5.34. The molecule has 1 aliphatic heterocycles. The van der Waals surface area contributed by atoms with Crippen molar-refractivity contribution in [3.8, 4) is 17.5 Å². The predicted molar refractivity (Wildman–Crippen MR) is 130 cm³/mol. The Balaban J connectivity index is 2.06. The van der Waals surface area contributed by atoms with Gasteiger partial charge in [0.05, 0.1) is 42.5 Å². The van der Waals surface area contributed by atoms with Gasteiger partial charge in [-0.2, -0.15) is 18.4 Å². The van der Waals surface area contributed by atoms with Crippen molar-refractivity contribution in [2.75, 3.05) is 13.7 Å². The number of methoxy groups -OCH3 is 1. The van der Waals surface area contributed by atoms with Crippen LogP contribution in [0.4, 0.5) is 17.6 Å². The van der Waals surface area contributed by atoms with Gasteiger partial charge in [0, 0.05) is 11.1 Å². The van der Waals surface area contributed by atoms with Gasteiger partial charge in [0.15, 0.2) is 11.6 Å². The van der Waals surface area contributed by atoms with Gasteiger partial charge in [-0.15, -0.1) is 10.2 Å². The maximum absolute atomic E-state index is 15.8. The van der Waals surface area contributed by atoms with Crippen LogP contribution in [0.15, 0.2) is 36.4 Å². The fraction of sp³-hybridized carbons (Fsp3) is 0.385. The molecule has 2 aromatic carbocycles. The van der Waals surface area contributed by atoms with Gasteiger partial charge in [-0.05, 0) is 37.6 Å². The number of ether oxygens (including phenoxy) is 3. The molecule has 39 heavy (non-hydrogen) atoms. The second kappa shape index (κ2) is 10.8. The lowest BCUT2D eigenvalue weighted by molar-refractivity contribution is -0.240. The number of fused-ring (bicyclic) bond motifs is 3. The van der Waals surface area contributed by atoms with E-state index in [2.05, 4.69) is 10.2 Å². The number of esters is 1. The summed E-state index contributed by atoms with van der Waals surface area (Å²) in [4.78, 5) is 12.5. The summed E-state index contributed by atoms with van der Waals surface area (Å²) < 4.78 is 75.6. The summed E-state index contributed by atoms with van der Waals surface area (Å²) in [6.45, 7) is 2.67. The molecule has 0 fully saturated rings. The highest BCUT2D eigenvalue weighted by atomic mass is 35.5. The molecule has 2 heterocycles. The zero-order valence-corrected chi connectivity index (χ0v) is 21.8. The van der Waals surface area contributed by atoms with Gasteiger partial charge >= 0.3 is 12.1 Å². The molecule has 13 heteroatoms. The first-order chi connectivity index (χ1) is 18.5. The van der Waals surface area contributed by atoms with Crippen LogP contribution in [-0.4, -0.2) is 40.6 Å². The molecule has 1 aliphatic rings. The molecule has 0 radical (unpaired) electrons. The lowest BCUT2D eigenvalue weighted by Crippen LogP contribution is -2.40. The van der Waals surface area contributed by atoms with Crippen LogP contribution < -0.4 is 4.74 Å². The van der Waals surface area contributed by atoms with E-state index in [-0.39, 0.29) is 40.0 Å². The van der Waals surface area contributed by atoms with E-state index in [4.69, 9.17) is 25.8 Å². The lowest BCUT2D eigenvalue weighted by Gasteiger charge is -2.27. The average Bonchev–Trinajstić information content (AvgIpc) is 3.30. The Morgan fingerprint density at radius 2 is 1.92 bits per heavy atom. The van der Waals surface area contributed by atoms with Gasteiger partial charge < -0.3 is 14.2 Å². The summed E-state index contributed by atoms with van der Waals surface area (Å²) in [5.41, 5.74) is -3.19. The maximum atomic E-state index is 15.8.